The second-order valence-electron chi connectivity index (χ2n) is 10.3. The molecule has 0 aromatic rings. The number of nitrogens with one attached hydrogen (secondary N) is 1. The molecule has 0 aromatic heterocycles. The summed E-state index contributed by atoms with van der Waals surface area (Å²) in [4.78, 5) is 36.3. The minimum atomic E-state index is -2.23. The van der Waals surface area contributed by atoms with Crippen LogP contribution in [0.25, 0.3) is 0 Å². The van der Waals surface area contributed by atoms with Crippen molar-refractivity contribution in [2.45, 2.75) is 155 Å². The van der Waals surface area contributed by atoms with Crippen molar-refractivity contribution in [3.05, 3.63) is 0 Å². The first-order chi connectivity index (χ1) is 18.1. The molecule has 0 aromatic carbocycles. The molecular formula is C29H53NO5. The molecule has 0 aliphatic carbocycles. The van der Waals surface area contributed by atoms with E-state index in [1.54, 1.807) is 0 Å². The topological polar surface area (TPSA) is 81.7 Å². The maximum Gasteiger partial charge on any atom is 0.328 e. The molecule has 0 radical (unpaired) electrons. The number of hydrogen-bond donors (Lipinski definition) is 1. The van der Waals surface area contributed by atoms with Crippen molar-refractivity contribution in [3.63, 3.8) is 0 Å². The third kappa shape index (κ3) is 13.9. The molecule has 1 N–H and O–H groups in total. The molecule has 1 amide bonds. The number of rotatable bonds is 23. The van der Waals surface area contributed by atoms with Crippen molar-refractivity contribution in [1.82, 2.24) is 5.32 Å². The first kappa shape index (κ1) is 26.5. The van der Waals surface area contributed by atoms with E-state index in [-0.39, 0.29) is 24.4 Å². The lowest BCUT2D eigenvalue weighted by Gasteiger charge is -2.37. The lowest BCUT2D eigenvalue weighted by molar-refractivity contribution is -0.190. The van der Waals surface area contributed by atoms with Crippen LogP contribution in [0.5, 0.6) is 0 Å². The van der Waals surface area contributed by atoms with Gasteiger partial charge in [-0.3, -0.25) is 9.59 Å². The van der Waals surface area contributed by atoms with E-state index in [4.69, 9.17) is 13.6 Å². The highest BCUT2D eigenvalue weighted by Gasteiger charge is 2.43. The fourth-order valence-electron chi connectivity index (χ4n) is 4.79. The highest BCUT2D eigenvalue weighted by atomic mass is 16.6. The van der Waals surface area contributed by atoms with Crippen LogP contribution >= 0.6 is 0 Å². The molecule has 0 bridgehead atoms. The lowest BCUT2D eigenvalue weighted by atomic mass is 9.86. The number of carbonyl (C=O) groups excluding carboxylic acids is 3. The van der Waals surface area contributed by atoms with E-state index in [1.165, 1.54) is 45.4 Å². The van der Waals surface area contributed by atoms with Crippen LogP contribution in [0.15, 0.2) is 0 Å². The largest absolute Gasteiger partial charge is 0.461 e. The Balaban J connectivity index is 2.69. The van der Waals surface area contributed by atoms with Crippen molar-refractivity contribution in [1.29, 1.82) is 0 Å². The molecule has 5 atom stereocenters. The first-order valence-corrected chi connectivity index (χ1v) is 14.2. The fraction of sp³-hybridized carbons (Fsp3) is 0.897. The van der Waals surface area contributed by atoms with Crippen molar-refractivity contribution in [2.24, 2.45) is 11.8 Å². The van der Waals surface area contributed by atoms with Gasteiger partial charge in [-0.05, 0) is 31.6 Å². The minimum Gasteiger partial charge on any atom is -0.461 e. The highest BCUT2D eigenvalue weighted by Crippen LogP contribution is 2.32. The molecule has 0 spiro atoms. The zero-order valence-corrected chi connectivity index (χ0v) is 22.5. The number of cyclic esters (lactones) is 1. The van der Waals surface area contributed by atoms with E-state index in [9.17, 15) is 14.4 Å². The van der Waals surface area contributed by atoms with Crippen molar-refractivity contribution in [2.75, 3.05) is 0 Å². The lowest BCUT2D eigenvalue weighted by Crippen LogP contribution is -2.48. The molecule has 6 heteroatoms. The third-order valence-corrected chi connectivity index (χ3v) is 6.94. The molecule has 6 nitrogen and oxygen atoms in total. The Kier molecular flexibility index (Phi) is 14.8. The van der Waals surface area contributed by atoms with E-state index in [0.29, 0.717) is 19.3 Å². The van der Waals surface area contributed by atoms with Crippen LogP contribution in [0.2, 0.25) is 0 Å². The molecule has 1 aliphatic heterocycles. The molecule has 1 aliphatic rings. The Morgan fingerprint density at radius 1 is 1.03 bits per heavy atom. The third-order valence-electron chi connectivity index (χ3n) is 6.94. The van der Waals surface area contributed by atoms with E-state index in [0.717, 1.165) is 51.4 Å². The molecule has 1 heterocycles. The smallest absolute Gasteiger partial charge is 0.328 e. The van der Waals surface area contributed by atoms with Crippen molar-refractivity contribution < 1.29 is 28.0 Å². The van der Waals surface area contributed by atoms with Crippen LogP contribution in [0, 0.1) is 11.8 Å². The fourth-order valence-corrected chi connectivity index (χ4v) is 4.79. The molecule has 35 heavy (non-hydrogen) atoms. The second-order valence-corrected chi connectivity index (χ2v) is 10.3. The predicted octanol–water partition coefficient (Wildman–Crippen LogP) is 6.88. The van der Waals surface area contributed by atoms with Crippen LogP contribution in [-0.4, -0.2) is 36.6 Å². The maximum absolute atomic E-state index is 13.0. The van der Waals surface area contributed by atoms with Gasteiger partial charge in [-0.1, -0.05) is 105 Å². The normalized spacial score (nSPS) is 21.5. The Morgan fingerprint density at radius 2 is 1.63 bits per heavy atom. The molecule has 1 fully saturated rings. The predicted molar refractivity (Wildman–Crippen MR) is 141 cm³/mol. The average Bonchev–Trinajstić information content (AvgIpc) is 2.86. The van der Waals surface area contributed by atoms with Crippen LogP contribution < -0.4 is 5.32 Å². The highest BCUT2D eigenvalue weighted by molar-refractivity contribution is 5.79. The quantitative estimate of drug-likeness (QED) is 0.0943. The van der Waals surface area contributed by atoms with Gasteiger partial charge in [0.1, 0.15) is 18.2 Å². The zero-order chi connectivity index (χ0) is 28.4. The van der Waals surface area contributed by atoms with Gasteiger partial charge in [0, 0.05) is 10.5 Å². The van der Waals surface area contributed by atoms with E-state index in [1.807, 2.05) is 0 Å². The van der Waals surface area contributed by atoms with Gasteiger partial charge in [0.2, 0.25) is 6.41 Å². The van der Waals surface area contributed by atoms with Gasteiger partial charge in [-0.25, -0.2) is 4.79 Å². The average molecular weight is 499 g/mol. The number of hydrogen-bond acceptors (Lipinski definition) is 5. The Bertz CT molecular complexity index is 673. The monoisotopic (exact) mass is 498 g/mol. The molecule has 1 rings (SSSR count). The van der Waals surface area contributed by atoms with Gasteiger partial charge < -0.3 is 14.8 Å². The van der Waals surface area contributed by atoms with Gasteiger partial charge in [0.15, 0.2) is 0 Å². The zero-order valence-electron chi connectivity index (χ0n) is 25.5. The number of unbranched alkanes of at least 4 members (excludes halogenated alkanes) is 11. The Labute approximate surface area is 218 Å². The van der Waals surface area contributed by atoms with Crippen LogP contribution in [0.4, 0.5) is 0 Å². The van der Waals surface area contributed by atoms with Crippen LogP contribution in [-0.2, 0) is 23.9 Å². The molecule has 1 saturated heterocycles. The first-order valence-electron chi connectivity index (χ1n) is 15.7. The number of amides is 1. The molecule has 1 unspecified atom stereocenters. The van der Waals surface area contributed by atoms with Crippen LogP contribution in [0.1, 0.15) is 141 Å². The Hall–Kier alpha value is -1.59. The summed E-state index contributed by atoms with van der Waals surface area (Å²) in [5.74, 6) is -1.73. The summed E-state index contributed by atoms with van der Waals surface area (Å²) in [6, 6.07) is -1.03. The van der Waals surface area contributed by atoms with Gasteiger partial charge in [0.25, 0.3) is 0 Å². The van der Waals surface area contributed by atoms with E-state index in [2.05, 4.69) is 19.2 Å². The summed E-state index contributed by atoms with van der Waals surface area (Å²) >= 11 is 0. The van der Waals surface area contributed by atoms with Gasteiger partial charge in [-0.15, -0.1) is 0 Å². The van der Waals surface area contributed by atoms with Gasteiger partial charge >= 0.3 is 11.9 Å². The summed E-state index contributed by atoms with van der Waals surface area (Å²) in [7, 11) is 0. The van der Waals surface area contributed by atoms with Gasteiger partial charge in [-0.2, -0.15) is 0 Å². The number of ether oxygens (including phenoxy) is 2. The van der Waals surface area contributed by atoms with Crippen molar-refractivity contribution >= 4 is 18.3 Å². The molecular weight excluding hydrogens is 442 g/mol. The van der Waals surface area contributed by atoms with Crippen molar-refractivity contribution in [3.8, 4) is 0 Å². The standard InChI is InChI=1S/C29H53NO5/c1-5-7-9-11-12-13-14-15-16-18-24(34-29(33)26(30-22-31)20-23(3)4)21-27-25(28(32)35-27)19-17-10-8-6-2/h22-27H,5-21H2,1-4H3,(H,30,31)/t24-,25-,26+,27-/m0/s1/i3D3/t23?,24-,25-,26+,27-. The number of carbonyl (C=O) groups is 3. The summed E-state index contributed by atoms with van der Waals surface area (Å²) in [6.45, 7) is 3.67. The van der Waals surface area contributed by atoms with E-state index >= 15 is 0 Å². The Morgan fingerprint density at radius 3 is 2.20 bits per heavy atom. The van der Waals surface area contributed by atoms with E-state index < -0.39 is 30.9 Å². The maximum atomic E-state index is 13.0. The second kappa shape index (κ2) is 19.6. The molecule has 0 saturated carbocycles. The summed E-state index contributed by atoms with van der Waals surface area (Å²) in [5.41, 5.74) is 0. The SMILES string of the molecule is [2H]C([2H])([2H])C(C)C[C@@H](NC=O)C(=O)O[C@@H](CCCCCCCCCCC)C[C@@H]1OC(=O)[C@H]1CCCCCC. The minimum absolute atomic E-state index is 0.0305. The molecule has 204 valence electrons. The summed E-state index contributed by atoms with van der Waals surface area (Å²) in [6.07, 6.45) is 16.5. The van der Waals surface area contributed by atoms with Crippen LogP contribution in [0.3, 0.4) is 0 Å². The number of esters is 2. The summed E-state index contributed by atoms with van der Waals surface area (Å²) in [5, 5.41) is 2.44. The summed E-state index contributed by atoms with van der Waals surface area (Å²) < 4.78 is 34.1. The van der Waals surface area contributed by atoms with Gasteiger partial charge in [0.05, 0.1) is 5.92 Å².